The second kappa shape index (κ2) is 10.8. The first-order valence-corrected chi connectivity index (χ1v) is 11.3. The van der Waals surface area contributed by atoms with Crippen molar-refractivity contribution < 1.29 is 0 Å². The van der Waals surface area contributed by atoms with E-state index in [2.05, 4.69) is 99.8 Å². The molecule has 3 aromatic rings. The van der Waals surface area contributed by atoms with Gasteiger partial charge < -0.3 is 0 Å². The Morgan fingerprint density at radius 3 is 1.03 bits per heavy atom. The number of hydrogen-bond acceptors (Lipinski definition) is 0. The summed E-state index contributed by atoms with van der Waals surface area (Å²) in [5.41, 5.74) is 9.62. The van der Waals surface area contributed by atoms with Gasteiger partial charge in [-0.3, -0.25) is 0 Å². The summed E-state index contributed by atoms with van der Waals surface area (Å²) in [6.45, 7) is 13.1. The zero-order valence-corrected chi connectivity index (χ0v) is 18.6. The summed E-state index contributed by atoms with van der Waals surface area (Å²) in [6.07, 6.45) is 7.25. The summed E-state index contributed by atoms with van der Waals surface area (Å²) in [7, 11) is 0. The van der Waals surface area contributed by atoms with E-state index < -0.39 is 0 Å². The quantitative estimate of drug-likeness (QED) is 0.323. The van der Waals surface area contributed by atoms with Crippen LogP contribution in [0.5, 0.6) is 0 Å². The zero-order valence-electron chi connectivity index (χ0n) is 18.6. The van der Waals surface area contributed by atoms with Crippen LogP contribution in [-0.4, -0.2) is 0 Å². The smallest absolute Gasteiger partial charge is 0.0183 e. The minimum Gasteiger partial charge on any atom is -0.0906 e. The van der Waals surface area contributed by atoms with Crippen LogP contribution in [0.2, 0.25) is 0 Å². The van der Waals surface area contributed by atoms with Crippen molar-refractivity contribution >= 4 is 11.1 Å². The molecule has 3 rings (SSSR count). The number of hydrogen-bond donors (Lipinski definition) is 0. The highest BCUT2D eigenvalue weighted by Gasteiger charge is 2.06. The minimum atomic E-state index is 1.06. The maximum absolute atomic E-state index is 4.33. The van der Waals surface area contributed by atoms with Gasteiger partial charge in [-0.15, -0.1) is 0 Å². The third-order valence-electron chi connectivity index (χ3n) is 5.82. The summed E-state index contributed by atoms with van der Waals surface area (Å²) in [6, 6.07) is 26.3. The summed E-state index contributed by atoms with van der Waals surface area (Å²) in [5.74, 6) is 0. The van der Waals surface area contributed by atoms with Gasteiger partial charge in [0.1, 0.15) is 0 Å². The van der Waals surface area contributed by atoms with E-state index in [0.717, 1.165) is 35.1 Å². The zero-order chi connectivity index (χ0) is 21.3. The van der Waals surface area contributed by atoms with Gasteiger partial charge >= 0.3 is 0 Å². The van der Waals surface area contributed by atoms with E-state index in [9.17, 15) is 0 Å². The van der Waals surface area contributed by atoms with E-state index in [1.165, 1.54) is 47.9 Å². The van der Waals surface area contributed by atoms with Crippen LogP contribution in [0.4, 0.5) is 0 Å². The molecule has 30 heavy (non-hydrogen) atoms. The lowest BCUT2D eigenvalue weighted by Gasteiger charge is -2.11. The molecule has 0 bridgehead atoms. The maximum atomic E-state index is 4.33. The van der Waals surface area contributed by atoms with Gasteiger partial charge in [0.25, 0.3) is 0 Å². The molecule has 0 spiro atoms. The van der Waals surface area contributed by atoms with Crippen molar-refractivity contribution in [2.24, 2.45) is 0 Å². The van der Waals surface area contributed by atoms with Crippen LogP contribution in [0, 0.1) is 0 Å². The Hall–Kier alpha value is -2.86. The maximum Gasteiger partial charge on any atom is -0.0183 e. The van der Waals surface area contributed by atoms with Crippen LogP contribution in [-0.2, 0) is 12.8 Å². The Labute approximate surface area is 183 Å². The first-order chi connectivity index (χ1) is 14.6. The van der Waals surface area contributed by atoms with Crippen LogP contribution < -0.4 is 0 Å². The normalized spacial score (nSPS) is 10.7. The highest BCUT2D eigenvalue weighted by molar-refractivity contribution is 5.82. The predicted octanol–water partition coefficient (Wildman–Crippen LogP) is 8.49. The lowest BCUT2D eigenvalue weighted by atomic mass is 9.94. The standard InChI is InChI=1S/C30H34/c1-5-7-9-25-11-15-27(16-12-25)23(3)29-19-21-30(22-20-29)24(4)28-17-13-26(14-18-28)10-8-6-2/h11-22H,3-10H2,1-2H3. The van der Waals surface area contributed by atoms with Gasteiger partial charge in [0, 0.05) is 0 Å². The van der Waals surface area contributed by atoms with Crippen LogP contribution in [0.15, 0.2) is 86.0 Å². The lowest BCUT2D eigenvalue weighted by Crippen LogP contribution is -1.91. The molecule has 0 atom stereocenters. The van der Waals surface area contributed by atoms with Gasteiger partial charge in [-0.25, -0.2) is 0 Å². The van der Waals surface area contributed by atoms with E-state index in [4.69, 9.17) is 0 Å². The molecule has 0 saturated heterocycles. The number of aryl methyl sites for hydroxylation is 2. The van der Waals surface area contributed by atoms with E-state index in [1.54, 1.807) is 0 Å². The highest BCUT2D eigenvalue weighted by atomic mass is 14.1. The van der Waals surface area contributed by atoms with Crippen LogP contribution >= 0.6 is 0 Å². The molecule has 0 aliphatic heterocycles. The number of rotatable bonds is 10. The second-order valence-corrected chi connectivity index (χ2v) is 8.14. The number of unbranched alkanes of at least 4 members (excludes halogenated alkanes) is 2. The van der Waals surface area contributed by atoms with Crippen molar-refractivity contribution in [3.8, 4) is 0 Å². The molecule has 0 N–H and O–H groups in total. The topological polar surface area (TPSA) is 0 Å². The molecule has 0 radical (unpaired) electrons. The summed E-state index contributed by atoms with van der Waals surface area (Å²) in [4.78, 5) is 0. The molecule has 0 amide bonds. The van der Waals surface area contributed by atoms with Crippen molar-refractivity contribution in [2.45, 2.75) is 52.4 Å². The van der Waals surface area contributed by atoms with E-state index >= 15 is 0 Å². The average Bonchev–Trinajstić information content (AvgIpc) is 2.81. The Balaban J connectivity index is 1.67. The van der Waals surface area contributed by atoms with E-state index in [-0.39, 0.29) is 0 Å². The molecular formula is C30H34. The van der Waals surface area contributed by atoms with Crippen LogP contribution in [0.1, 0.15) is 72.9 Å². The number of benzene rings is 3. The summed E-state index contributed by atoms with van der Waals surface area (Å²) < 4.78 is 0. The fourth-order valence-electron chi connectivity index (χ4n) is 3.71. The highest BCUT2D eigenvalue weighted by Crippen LogP contribution is 2.27. The fourth-order valence-corrected chi connectivity index (χ4v) is 3.71. The average molecular weight is 395 g/mol. The third-order valence-corrected chi connectivity index (χ3v) is 5.82. The van der Waals surface area contributed by atoms with Crippen LogP contribution in [0.3, 0.4) is 0 Å². The Kier molecular flexibility index (Phi) is 7.85. The van der Waals surface area contributed by atoms with Crippen molar-refractivity contribution in [1.29, 1.82) is 0 Å². The molecule has 0 heterocycles. The first kappa shape index (κ1) is 21.8. The molecule has 0 fully saturated rings. The third kappa shape index (κ3) is 5.60. The molecule has 0 unspecified atom stereocenters. The molecule has 0 aromatic heterocycles. The molecule has 154 valence electrons. The molecule has 0 aliphatic rings. The molecule has 0 heteroatoms. The fraction of sp³-hybridized carbons (Fsp3) is 0.267. The Morgan fingerprint density at radius 2 is 0.767 bits per heavy atom. The van der Waals surface area contributed by atoms with Crippen molar-refractivity contribution in [2.75, 3.05) is 0 Å². The van der Waals surface area contributed by atoms with E-state index in [1.807, 2.05) is 0 Å². The SMILES string of the molecule is C=C(c1ccc(CCCC)cc1)c1ccc(C(=C)c2ccc(CCCC)cc2)cc1. The first-order valence-electron chi connectivity index (χ1n) is 11.3. The van der Waals surface area contributed by atoms with Crippen LogP contribution in [0.25, 0.3) is 11.1 Å². The van der Waals surface area contributed by atoms with E-state index in [0.29, 0.717) is 0 Å². The van der Waals surface area contributed by atoms with Crippen molar-refractivity contribution in [3.63, 3.8) is 0 Å². The second-order valence-electron chi connectivity index (χ2n) is 8.14. The predicted molar refractivity (Wildman–Crippen MR) is 133 cm³/mol. The molecular weight excluding hydrogens is 360 g/mol. The molecule has 3 aromatic carbocycles. The lowest BCUT2D eigenvalue weighted by molar-refractivity contribution is 0.795. The summed E-state index contributed by atoms with van der Waals surface area (Å²) >= 11 is 0. The molecule has 0 aliphatic carbocycles. The van der Waals surface area contributed by atoms with Gasteiger partial charge in [-0.2, -0.15) is 0 Å². The van der Waals surface area contributed by atoms with Crippen molar-refractivity contribution in [1.82, 2.24) is 0 Å². The van der Waals surface area contributed by atoms with Gasteiger partial charge in [0.2, 0.25) is 0 Å². The minimum absolute atomic E-state index is 1.06. The summed E-state index contributed by atoms with van der Waals surface area (Å²) in [5, 5.41) is 0. The largest absolute Gasteiger partial charge is 0.0906 e. The molecule has 0 saturated carbocycles. The van der Waals surface area contributed by atoms with Gasteiger partial charge in [0.05, 0.1) is 0 Å². The van der Waals surface area contributed by atoms with Gasteiger partial charge in [0.15, 0.2) is 0 Å². The Bertz CT molecular complexity index is 872. The Morgan fingerprint density at radius 1 is 0.500 bits per heavy atom. The molecule has 0 nitrogen and oxygen atoms in total. The van der Waals surface area contributed by atoms with Crippen molar-refractivity contribution in [3.05, 3.63) is 119 Å². The monoisotopic (exact) mass is 394 g/mol. The van der Waals surface area contributed by atoms with Gasteiger partial charge in [-0.05, 0) is 70.2 Å². The van der Waals surface area contributed by atoms with Gasteiger partial charge in [-0.1, -0.05) is 113 Å².